The predicted octanol–water partition coefficient (Wildman–Crippen LogP) is 0.857. The molecule has 3 fully saturated rings. The van der Waals surface area contributed by atoms with Crippen LogP contribution in [-0.4, -0.2) is 58.2 Å². The number of amides is 2. The van der Waals surface area contributed by atoms with Crippen LogP contribution in [0, 0.1) is 11.8 Å². The third-order valence-electron chi connectivity index (χ3n) is 5.01. The van der Waals surface area contributed by atoms with Gasteiger partial charge in [-0.2, -0.15) is 0 Å². The molecular formula is C16H16N2O3S. The summed E-state index contributed by atoms with van der Waals surface area (Å²) in [7, 11) is 1.53. The highest BCUT2D eigenvalue weighted by Crippen LogP contribution is 2.47. The normalized spacial score (nSPS) is 34.1. The van der Waals surface area contributed by atoms with E-state index in [9.17, 15) is 14.4 Å². The molecule has 3 aliphatic rings. The van der Waals surface area contributed by atoms with Gasteiger partial charge in [0, 0.05) is 30.3 Å². The lowest BCUT2D eigenvalue weighted by atomic mass is 9.86. The van der Waals surface area contributed by atoms with E-state index in [1.807, 2.05) is 18.2 Å². The predicted molar refractivity (Wildman–Crippen MR) is 82.3 cm³/mol. The first-order valence-electron chi connectivity index (χ1n) is 7.35. The van der Waals surface area contributed by atoms with E-state index in [1.54, 1.807) is 23.9 Å². The Morgan fingerprint density at radius 2 is 1.82 bits per heavy atom. The lowest BCUT2D eigenvalue weighted by Gasteiger charge is -2.25. The largest absolute Gasteiger partial charge is 0.292 e. The maximum absolute atomic E-state index is 13.0. The van der Waals surface area contributed by atoms with E-state index >= 15 is 0 Å². The number of benzene rings is 1. The molecule has 0 spiro atoms. The second-order valence-corrected chi connectivity index (χ2v) is 7.04. The van der Waals surface area contributed by atoms with Crippen LogP contribution in [0.4, 0.5) is 0 Å². The maximum atomic E-state index is 13.0. The van der Waals surface area contributed by atoms with Crippen LogP contribution in [0.15, 0.2) is 30.3 Å². The summed E-state index contributed by atoms with van der Waals surface area (Å²) in [6.45, 7) is 0. The van der Waals surface area contributed by atoms with Crippen LogP contribution in [0.2, 0.25) is 0 Å². The van der Waals surface area contributed by atoms with Crippen molar-refractivity contribution in [2.45, 2.75) is 12.1 Å². The van der Waals surface area contributed by atoms with Gasteiger partial charge >= 0.3 is 0 Å². The molecule has 6 heteroatoms. The minimum atomic E-state index is -0.517. The highest BCUT2D eigenvalue weighted by atomic mass is 32.2. The van der Waals surface area contributed by atoms with Crippen LogP contribution in [0.5, 0.6) is 0 Å². The lowest BCUT2D eigenvalue weighted by molar-refractivity contribution is -0.139. The number of Topliss-reactive ketones (excluding diaryl/α,β-unsaturated/α-hetero) is 1. The van der Waals surface area contributed by atoms with Crippen molar-refractivity contribution in [2.75, 3.05) is 18.7 Å². The summed E-state index contributed by atoms with van der Waals surface area (Å²) in [5.41, 5.74) is 0.610. The molecule has 0 aliphatic carbocycles. The smallest absolute Gasteiger partial charge is 0.234 e. The Kier molecular flexibility index (Phi) is 3.13. The number of imide groups is 1. The van der Waals surface area contributed by atoms with Crippen molar-refractivity contribution in [2.24, 2.45) is 11.8 Å². The Morgan fingerprint density at radius 1 is 1.14 bits per heavy atom. The zero-order chi connectivity index (χ0) is 15.4. The van der Waals surface area contributed by atoms with Crippen LogP contribution >= 0.6 is 11.8 Å². The summed E-state index contributed by atoms with van der Waals surface area (Å²) in [6, 6.07) is 8.56. The van der Waals surface area contributed by atoms with Crippen LogP contribution in [0.3, 0.4) is 0 Å². The molecule has 1 aromatic rings. The minimum Gasteiger partial charge on any atom is -0.292 e. The van der Waals surface area contributed by atoms with Gasteiger partial charge in [-0.25, -0.2) is 0 Å². The molecule has 0 unspecified atom stereocenters. The summed E-state index contributed by atoms with van der Waals surface area (Å²) in [5, 5.41) is 0. The number of ketones is 1. The topological polar surface area (TPSA) is 57.7 Å². The quantitative estimate of drug-likeness (QED) is 0.598. The molecular weight excluding hydrogens is 300 g/mol. The Hall–Kier alpha value is -1.66. The molecule has 3 heterocycles. The molecule has 0 N–H and O–H groups in total. The van der Waals surface area contributed by atoms with E-state index in [2.05, 4.69) is 4.90 Å². The van der Waals surface area contributed by atoms with Gasteiger partial charge < -0.3 is 0 Å². The van der Waals surface area contributed by atoms with Gasteiger partial charge in [-0.3, -0.25) is 24.2 Å². The first kappa shape index (κ1) is 14.0. The molecule has 0 aromatic heterocycles. The number of nitrogens with zero attached hydrogens (tertiary/aromatic N) is 2. The SMILES string of the molecule is CN1C(=O)[C@@H]2[C@H](C1=O)[C@@H](C(=O)c1ccccc1)N1CSC[C@H]21. The molecule has 1 aromatic carbocycles. The molecule has 114 valence electrons. The number of hydrogen-bond donors (Lipinski definition) is 0. The Morgan fingerprint density at radius 3 is 2.55 bits per heavy atom. The summed E-state index contributed by atoms with van der Waals surface area (Å²) >= 11 is 1.73. The Bertz CT molecular complexity index is 663. The molecule has 0 bridgehead atoms. The number of fused-ring (bicyclic) bond motifs is 3. The zero-order valence-corrected chi connectivity index (χ0v) is 13.0. The van der Waals surface area contributed by atoms with Crippen molar-refractivity contribution in [1.82, 2.24) is 9.80 Å². The molecule has 4 atom stereocenters. The van der Waals surface area contributed by atoms with Crippen LogP contribution in [0.25, 0.3) is 0 Å². The van der Waals surface area contributed by atoms with Crippen LogP contribution < -0.4 is 0 Å². The lowest BCUT2D eigenvalue weighted by Crippen LogP contribution is -2.45. The van der Waals surface area contributed by atoms with Crippen molar-refractivity contribution in [1.29, 1.82) is 0 Å². The van der Waals surface area contributed by atoms with E-state index in [4.69, 9.17) is 0 Å². The van der Waals surface area contributed by atoms with E-state index in [1.165, 1.54) is 11.9 Å². The summed E-state index contributed by atoms with van der Waals surface area (Å²) in [5.74, 6) is 0.274. The van der Waals surface area contributed by atoms with Gasteiger partial charge in [-0.15, -0.1) is 11.8 Å². The second kappa shape index (κ2) is 4.93. The second-order valence-electron chi connectivity index (χ2n) is 6.04. The van der Waals surface area contributed by atoms with E-state index in [0.29, 0.717) is 11.4 Å². The standard InChI is InChI=1S/C16H16N2O3S/c1-17-15(20)11-10-7-22-8-18(10)13(12(11)16(17)21)14(19)9-5-3-2-4-6-9/h2-6,10-13H,7-8H2,1H3/t10-,11+,12+,13+/m1/s1. The fraction of sp³-hybridized carbons (Fsp3) is 0.438. The molecule has 3 saturated heterocycles. The molecule has 0 saturated carbocycles. The molecule has 3 aliphatic heterocycles. The van der Waals surface area contributed by atoms with Crippen LogP contribution in [0.1, 0.15) is 10.4 Å². The molecule has 2 amide bonds. The van der Waals surface area contributed by atoms with E-state index < -0.39 is 12.0 Å². The van der Waals surface area contributed by atoms with Gasteiger partial charge in [-0.05, 0) is 0 Å². The number of carbonyl (C=O) groups excluding carboxylic acids is 3. The third kappa shape index (κ3) is 1.74. The fourth-order valence-electron chi connectivity index (χ4n) is 3.96. The van der Waals surface area contributed by atoms with Crippen molar-refractivity contribution >= 4 is 29.4 Å². The van der Waals surface area contributed by atoms with Gasteiger partial charge in [0.1, 0.15) is 0 Å². The van der Waals surface area contributed by atoms with Crippen molar-refractivity contribution in [3.63, 3.8) is 0 Å². The first-order valence-corrected chi connectivity index (χ1v) is 8.51. The summed E-state index contributed by atoms with van der Waals surface area (Å²) in [6.07, 6.45) is 0. The first-order chi connectivity index (χ1) is 10.6. The number of carbonyl (C=O) groups is 3. The van der Waals surface area contributed by atoms with Crippen molar-refractivity contribution in [3.05, 3.63) is 35.9 Å². The number of rotatable bonds is 2. The number of thioether (sulfide) groups is 1. The van der Waals surface area contributed by atoms with Gasteiger partial charge in [0.2, 0.25) is 11.8 Å². The zero-order valence-electron chi connectivity index (χ0n) is 12.1. The van der Waals surface area contributed by atoms with E-state index in [-0.39, 0.29) is 29.6 Å². The number of likely N-dealkylation sites (tertiary alicyclic amines) is 1. The van der Waals surface area contributed by atoms with Gasteiger partial charge in [0.15, 0.2) is 5.78 Å². The summed E-state index contributed by atoms with van der Waals surface area (Å²) in [4.78, 5) is 41.1. The Labute approximate surface area is 132 Å². The average molecular weight is 316 g/mol. The molecule has 0 radical (unpaired) electrons. The van der Waals surface area contributed by atoms with Crippen molar-refractivity contribution in [3.8, 4) is 0 Å². The molecule has 22 heavy (non-hydrogen) atoms. The highest BCUT2D eigenvalue weighted by molar-refractivity contribution is 7.99. The van der Waals surface area contributed by atoms with Gasteiger partial charge in [0.05, 0.1) is 17.9 Å². The molecule has 4 rings (SSSR count). The third-order valence-corrected chi connectivity index (χ3v) is 6.07. The van der Waals surface area contributed by atoms with Gasteiger partial charge in [-0.1, -0.05) is 30.3 Å². The van der Waals surface area contributed by atoms with Gasteiger partial charge in [0.25, 0.3) is 0 Å². The van der Waals surface area contributed by atoms with Crippen molar-refractivity contribution < 1.29 is 14.4 Å². The fourth-order valence-corrected chi connectivity index (χ4v) is 5.27. The average Bonchev–Trinajstić information content (AvgIpc) is 3.17. The van der Waals surface area contributed by atoms with E-state index in [0.717, 1.165) is 5.75 Å². The monoisotopic (exact) mass is 316 g/mol. The highest BCUT2D eigenvalue weighted by Gasteiger charge is 2.63. The summed E-state index contributed by atoms with van der Waals surface area (Å²) < 4.78 is 0. The maximum Gasteiger partial charge on any atom is 0.234 e. The van der Waals surface area contributed by atoms with Crippen LogP contribution in [-0.2, 0) is 9.59 Å². The molecule has 5 nitrogen and oxygen atoms in total. The number of hydrogen-bond acceptors (Lipinski definition) is 5. The Balaban J connectivity index is 1.76. The minimum absolute atomic E-state index is 0.00839.